The topological polar surface area (TPSA) is 85.3 Å². The molecule has 188 valence electrons. The zero-order valence-electron chi connectivity index (χ0n) is 19.0. The summed E-state index contributed by atoms with van der Waals surface area (Å²) in [5.74, 6) is -4.99. The molecule has 2 aromatic rings. The maximum atomic E-state index is 13.5. The molecule has 3 N–H and O–H groups in total. The third kappa shape index (κ3) is 5.50. The monoisotopic (exact) mass is 487 g/mol. The number of rotatable bonds is 7. The van der Waals surface area contributed by atoms with Crippen LogP contribution in [0.3, 0.4) is 0 Å². The van der Waals surface area contributed by atoms with Crippen molar-refractivity contribution in [1.82, 2.24) is 19.9 Å². The quantitative estimate of drug-likeness (QED) is 0.532. The zero-order valence-corrected chi connectivity index (χ0v) is 19.0. The van der Waals surface area contributed by atoms with Gasteiger partial charge in [0.15, 0.2) is 5.65 Å². The van der Waals surface area contributed by atoms with Crippen molar-refractivity contribution in [3.63, 3.8) is 0 Å². The number of halogens is 5. The molecule has 2 aromatic heterocycles. The summed E-state index contributed by atoms with van der Waals surface area (Å²) in [5, 5.41) is 7.15. The minimum atomic E-state index is -4.43. The summed E-state index contributed by atoms with van der Waals surface area (Å²) in [6, 6.07) is 0.815. The number of imidazole rings is 1. The number of carbonyl (C=O) groups is 1. The van der Waals surface area contributed by atoms with Crippen molar-refractivity contribution < 1.29 is 26.7 Å². The number of nitrogens with two attached hydrogens (primary N) is 1. The largest absolute Gasteiger partial charge is 0.392 e. The fourth-order valence-electron chi connectivity index (χ4n) is 4.78. The number of aromatic nitrogens is 3. The van der Waals surface area contributed by atoms with Crippen molar-refractivity contribution in [2.24, 2.45) is 23.5 Å². The van der Waals surface area contributed by atoms with E-state index in [1.54, 1.807) is 23.0 Å². The van der Waals surface area contributed by atoms with E-state index >= 15 is 0 Å². The smallest absolute Gasteiger partial charge is 0.349 e. The van der Waals surface area contributed by atoms with E-state index in [1.807, 2.05) is 0 Å². The molecule has 34 heavy (non-hydrogen) atoms. The number of alkyl halides is 5. The van der Waals surface area contributed by atoms with Crippen LogP contribution >= 0.6 is 0 Å². The molecule has 2 heterocycles. The van der Waals surface area contributed by atoms with E-state index in [4.69, 9.17) is 5.73 Å². The molecule has 2 aliphatic carbocycles. The van der Waals surface area contributed by atoms with Gasteiger partial charge in [-0.25, -0.2) is 18.3 Å². The maximum absolute atomic E-state index is 13.5. The summed E-state index contributed by atoms with van der Waals surface area (Å²) < 4.78 is 67.1. The van der Waals surface area contributed by atoms with Crippen molar-refractivity contribution >= 4 is 11.6 Å². The van der Waals surface area contributed by atoms with Gasteiger partial charge in [-0.05, 0) is 49.1 Å². The van der Waals surface area contributed by atoms with Crippen LogP contribution in [0, 0.1) is 17.8 Å². The van der Waals surface area contributed by atoms with E-state index in [0.717, 1.165) is 26.2 Å². The van der Waals surface area contributed by atoms with Gasteiger partial charge in [0.1, 0.15) is 0 Å². The van der Waals surface area contributed by atoms with Crippen LogP contribution in [-0.4, -0.2) is 32.6 Å². The Morgan fingerprint density at radius 3 is 2.50 bits per heavy atom. The van der Waals surface area contributed by atoms with Gasteiger partial charge in [-0.15, -0.1) is 0 Å². The summed E-state index contributed by atoms with van der Waals surface area (Å²) in [7, 11) is 0. The Hall–Kier alpha value is -2.30. The van der Waals surface area contributed by atoms with Gasteiger partial charge in [0.25, 0.3) is 0 Å². The van der Waals surface area contributed by atoms with E-state index < -0.39 is 42.4 Å². The molecular formula is C23H30F5N5O. The number of hydrogen-bond donors (Lipinski definition) is 2. The van der Waals surface area contributed by atoms with E-state index in [0.29, 0.717) is 29.7 Å². The Kier molecular flexibility index (Phi) is 6.85. The Balaban J connectivity index is 1.50. The molecule has 11 heteroatoms. The first-order valence-electron chi connectivity index (χ1n) is 11.8. The zero-order chi connectivity index (χ0) is 24.7. The van der Waals surface area contributed by atoms with Crippen LogP contribution in [0.4, 0.5) is 22.0 Å². The highest BCUT2D eigenvalue weighted by Crippen LogP contribution is 2.41. The summed E-state index contributed by atoms with van der Waals surface area (Å²) in [6.45, 7) is 0.994. The lowest BCUT2D eigenvalue weighted by atomic mass is 9.77. The third-order valence-electron chi connectivity index (χ3n) is 7.32. The maximum Gasteiger partial charge on any atom is 0.392 e. The third-order valence-corrected chi connectivity index (χ3v) is 7.32. The summed E-state index contributed by atoms with van der Waals surface area (Å²) in [6.07, 6.45) is 1.21. The molecule has 0 aromatic carbocycles. The van der Waals surface area contributed by atoms with Gasteiger partial charge in [0.2, 0.25) is 11.8 Å². The molecule has 2 saturated carbocycles. The lowest BCUT2D eigenvalue weighted by molar-refractivity contribution is -0.174. The first kappa shape index (κ1) is 24.8. The molecular weight excluding hydrogens is 457 g/mol. The molecule has 4 rings (SSSR count). The lowest BCUT2D eigenvalue weighted by Crippen LogP contribution is -2.38. The van der Waals surface area contributed by atoms with Gasteiger partial charge < -0.3 is 11.1 Å². The highest BCUT2D eigenvalue weighted by molar-refractivity contribution is 5.76. The molecule has 0 bridgehead atoms. The molecule has 2 aliphatic rings. The summed E-state index contributed by atoms with van der Waals surface area (Å²) in [5.41, 5.74) is 8.07. The van der Waals surface area contributed by atoms with Crippen molar-refractivity contribution in [3.8, 4) is 0 Å². The second-order valence-electron chi connectivity index (χ2n) is 9.86. The number of hydrogen-bond acceptors (Lipinski definition) is 4. The molecule has 2 fully saturated rings. The molecule has 1 amide bonds. The SMILES string of the molecule is CC(CC(=O)NC(c1cnn2cc([C@@H](N)C3CCC(F)(F)CC3)nc2c1)C1CCC1)C(F)(F)F. The van der Waals surface area contributed by atoms with Crippen LogP contribution in [0.5, 0.6) is 0 Å². The number of nitrogens with zero attached hydrogens (tertiary/aromatic N) is 3. The van der Waals surface area contributed by atoms with Crippen molar-refractivity contribution in [3.05, 3.63) is 29.7 Å². The summed E-state index contributed by atoms with van der Waals surface area (Å²) >= 11 is 0. The Morgan fingerprint density at radius 1 is 1.24 bits per heavy atom. The van der Waals surface area contributed by atoms with Crippen molar-refractivity contribution in [1.29, 1.82) is 0 Å². The Labute approximate surface area is 194 Å². The van der Waals surface area contributed by atoms with Crippen LogP contribution in [0.2, 0.25) is 0 Å². The normalized spacial score (nSPS) is 22.2. The molecule has 0 saturated heterocycles. The van der Waals surface area contributed by atoms with Crippen LogP contribution in [-0.2, 0) is 4.79 Å². The van der Waals surface area contributed by atoms with Crippen LogP contribution in [0.15, 0.2) is 18.5 Å². The second-order valence-corrected chi connectivity index (χ2v) is 9.86. The van der Waals surface area contributed by atoms with Crippen LogP contribution in [0.25, 0.3) is 5.65 Å². The van der Waals surface area contributed by atoms with E-state index in [2.05, 4.69) is 15.4 Å². The van der Waals surface area contributed by atoms with E-state index in [1.165, 1.54) is 0 Å². The number of fused-ring (bicyclic) bond motifs is 1. The van der Waals surface area contributed by atoms with Gasteiger partial charge in [-0.3, -0.25) is 4.79 Å². The van der Waals surface area contributed by atoms with Crippen LogP contribution in [0.1, 0.15) is 81.6 Å². The summed E-state index contributed by atoms with van der Waals surface area (Å²) in [4.78, 5) is 16.9. The Bertz CT molecular complexity index is 1010. The van der Waals surface area contributed by atoms with Gasteiger partial charge in [-0.2, -0.15) is 18.3 Å². The minimum absolute atomic E-state index is 0.0957. The fourth-order valence-corrected chi connectivity index (χ4v) is 4.78. The predicted octanol–water partition coefficient (Wildman–Crippen LogP) is 5.10. The molecule has 2 unspecified atom stereocenters. The van der Waals surface area contributed by atoms with E-state index in [-0.39, 0.29) is 24.7 Å². The van der Waals surface area contributed by atoms with Crippen LogP contribution < -0.4 is 11.1 Å². The average molecular weight is 488 g/mol. The first-order valence-corrected chi connectivity index (χ1v) is 11.8. The number of carbonyl (C=O) groups excluding carboxylic acids is 1. The fraction of sp³-hybridized carbons (Fsp3) is 0.696. The average Bonchev–Trinajstić information content (AvgIpc) is 3.14. The van der Waals surface area contributed by atoms with E-state index in [9.17, 15) is 26.7 Å². The standard InChI is InChI=1S/C23H30F5N5O/c1-13(23(26,27)28)9-19(34)32-21(15-3-2-4-15)16-10-18-31-17(12-33(18)30-11-16)20(29)14-5-7-22(24,25)8-6-14/h10-15,20-21H,2-9,29H2,1H3,(H,32,34)/t13?,20-,21?/m0/s1. The molecule has 6 nitrogen and oxygen atoms in total. The lowest BCUT2D eigenvalue weighted by Gasteiger charge is -2.34. The molecule has 3 atom stereocenters. The molecule has 0 radical (unpaired) electrons. The van der Waals surface area contributed by atoms with Gasteiger partial charge in [-0.1, -0.05) is 13.3 Å². The number of amides is 1. The first-order chi connectivity index (χ1) is 15.9. The van der Waals surface area contributed by atoms with Gasteiger partial charge in [0, 0.05) is 19.3 Å². The minimum Gasteiger partial charge on any atom is -0.349 e. The highest BCUT2D eigenvalue weighted by Gasteiger charge is 2.39. The van der Waals surface area contributed by atoms with Crippen molar-refractivity contribution in [2.45, 2.75) is 82.5 Å². The number of nitrogens with one attached hydrogen (secondary N) is 1. The molecule has 0 spiro atoms. The molecule has 0 aliphatic heterocycles. The Morgan fingerprint density at radius 2 is 1.91 bits per heavy atom. The second kappa shape index (κ2) is 9.39. The predicted molar refractivity (Wildman–Crippen MR) is 115 cm³/mol. The highest BCUT2D eigenvalue weighted by atomic mass is 19.4. The van der Waals surface area contributed by atoms with Crippen molar-refractivity contribution in [2.75, 3.05) is 0 Å². The van der Waals surface area contributed by atoms with Gasteiger partial charge >= 0.3 is 6.18 Å². The van der Waals surface area contributed by atoms with Gasteiger partial charge in [0.05, 0.1) is 36.1 Å².